The topological polar surface area (TPSA) is 15.3 Å². The van der Waals surface area contributed by atoms with Crippen LogP contribution in [0.3, 0.4) is 0 Å². The van der Waals surface area contributed by atoms with Crippen molar-refractivity contribution >= 4 is 17.3 Å². The molecular weight excluding hydrogens is 232 g/mol. The highest BCUT2D eigenvalue weighted by Gasteiger charge is 2.12. The first-order chi connectivity index (χ1) is 8.02. The molecule has 1 aromatic carbocycles. The lowest BCUT2D eigenvalue weighted by molar-refractivity contribution is 0.215. The molecule has 0 amide bonds. The molecule has 0 aromatic heterocycles. The highest BCUT2D eigenvalue weighted by atomic mass is 35.5. The summed E-state index contributed by atoms with van der Waals surface area (Å²) in [4.78, 5) is 2.37. The molecule has 0 aliphatic rings. The van der Waals surface area contributed by atoms with Crippen molar-refractivity contribution in [1.29, 1.82) is 0 Å². The first-order valence-electron chi connectivity index (χ1n) is 6.21. The number of benzene rings is 1. The van der Waals surface area contributed by atoms with E-state index in [1.54, 1.807) is 0 Å². The minimum absolute atomic E-state index is 0.600. The second kappa shape index (κ2) is 6.87. The minimum Gasteiger partial charge on any atom is -0.383 e. The highest BCUT2D eigenvalue weighted by molar-refractivity contribution is 6.33. The van der Waals surface area contributed by atoms with E-state index in [2.05, 4.69) is 38.0 Å². The number of halogens is 1. The summed E-state index contributed by atoms with van der Waals surface area (Å²) < 4.78 is 0. The van der Waals surface area contributed by atoms with Gasteiger partial charge < -0.3 is 10.2 Å². The lowest BCUT2D eigenvalue weighted by atomic mass is 10.1. The third kappa shape index (κ3) is 4.57. The quantitative estimate of drug-likeness (QED) is 0.832. The van der Waals surface area contributed by atoms with Crippen LogP contribution in [-0.2, 0) is 0 Å². The predicted molar refractivity (Wildman–Crippen MR) is 76.9 cm³/mol. The Kier molecular flexibility index (Phi) is 5.79. The highest BCUT2D eigenvalue weighted by Crippen LogP contribution is 2.20. The van der Waals surface area contributed by atoms with Crippen LogP contribution >= 0.6 is 11.6 Å². The van der Waals surface area contributed by atoms with Crippen molar-refractivity contribution in [2.24, 2.45) is 5.92 Å². The van der Waals surface area contributed by atoms with Crippen LogP contribution in [0.15, 0.2) is 24.3 Å². The SMILES string of the molecule is CC(C)C(C)N(C)CCNc1ccccc1Cl. The summed E-state index contributed by atoms with van der Waals surface area (Å²) in [5, 5.41) is 4.15. The van der Waals surface area contributed by atoms with Crippen molar-refractivity contribution in [1.82, 2.24) is 4.90 Å². The van der Waals surface area contributed by atoms with Crippen molar-refractivity contribution in [3.05, 3.63) is 29.3 Å². The zero-order valence-electron chi connectivity index (χ0n) is 11.2. The van der Waals surface area contributed by atoms with Gasteiger partial charge in [0.2, 0.25) is 0 Å². The van der Waals surface area contributed by atoms with Gasteiger partial charge in [0.15, 0.2) is 0 Å². The average Bonchev–Trinajstić information content (AvgIpc) is 2.30. The van der Waals surface area contributed by atoms with Crippen LogP contribution < -0.4 is 5.32 Å². The molecule has 0 saturated heterocycles. The molecule has 0 aliphatic carbocycles. The summed E-state index contributed by atoms with van der Waals surface area (Å²) in [5.41, 5.74) is 1.01. The van der Waals surface area contributed by atoms with Crippen LogP contribution in [0.1, 0.15) is 20.8 Å². The molecule has 2 nitrogen and oxygen atoms in total. The fourth-order valence-electron chi connectivity index (χ4n) is 1.68. The van der Waals surface area contributed by atoms with Gasteiger partial charge in [0.1, 0.15) is 0 Å². The third-order valence-corrected chi connectivity index (χ3v) is 3.64. The zero-order valence-corrected chi connectivity index (χ0v) is 12.0. The Morgan fingerprint density at radius 3 is 2.47 bits per heavy atom. The van der Waals surface area contributed by atoms with Gasteiger partial charge in [-0.05, 0) is 32.0 Å². The van der Waals surface area contributed by atoms with E-state index in [4.69, 9.17) is 11.6 Å². The molecule has 0 spiro atoms. The van der Waals surface area contributed by atoms with Crippen molar-refractivity contribution in [2.75, 3.05) is 25.5 Å². The van der Waals surface area contributed by atoms with E-state index >= 15 is 0 Å². The summed E-state index contributed by atoms with van der Waals surface area (Å²) in [6, 6.07) is 8.45. The summed E-state index contributed by atoms with van der Waals surface area (Å²) in [7, 11) is 2.17. The Balaban J connectivity index is 2.36. The van der Waals surface area contributed by atoms with Crippen LogP contribution in [-0.4, -0.2) is 31.1 Å². The second-order valence-corrected chi connectivity index (χ2v) is 5.28. The van der Waals surface area contributed by atoms with Crippen molar-refractivity contribution in [3.8, 4) is 0 Å². The number of nitrogens with one attached hydrogen (secondary N) is 1. The van der Waals surface area contributed by atoms with E-state index in [1.165, 1.54) is 0 Å². The standard InChI is InChI=1S/C14H23ClN2/c1-11(2)12(3)17(4)10-9-16-14-8-6-5-7-13(14)15/h5-8,11-12,16H,9-10H2,1-4H3. The fourth-order valence-corrected chi connectivity index (χ4v) is 1.89. The number of hydrogen-bond donors (Lipinski definition) is 1. The molecule has 0 heterocycles. The number of para-hydroxylation sites is 1. The summed E-state index contributed by atoms with van der Waals surface area (Å²) >= 11 is 6.08. The Labute approximate surface area is 110 Å². The Bertz CT molecular complexity index is 339. The molecule has 96 valence electrons. The normalized spacial score (nSPS) is 13.1. The lowest BCUT2D eigenvalue weighted by Gasteiger charge is -2.28. The molecule has 0 bridgehead atoms. The van der Waals surface area contributed by atoms with Gasteiger partial charge in [0, 0.05) is 19.1 Å². The lowest BCUT2D eigenvalue weighted by Crippen LogP contribution is -2.36. The summed E-state index contributed by atoms with van der Waals surface area (Å²) in [6.07, 6.45) is 0. The van der Waals surface area contributed by atoms with Crippen LogP contribution in [0.5, 0.6) is 0 Å². The van der Waals surface area contributed by atoms with E-state index in [1.807, 2.05) is 24.3 Å². The first kappa shape index (κ1) is 14.3. The van der Waals surface area contributed by atoms with Crippen molar-refractivity contribution in [3.63, 3.8) is 0 Å². The van der Waals surface area contributed by atoms with Crippen LogP contribution in [0, 0.1) is 5.92 Å². The maximum atomic E-state index is 6.08. The average molecular weight is 255 g/mol. The maximum absolute atomic E-state index is 6.08. The Morgan fingerprint density at radius 1 is 1.24 bits per heavy atom. The number of anilines is 1. The van der Waals surface area contributed by atoms with Crippen molar-refractivity contribution < 1.29 is 0 Å². The molecule has 1 aromatic rings. The molecule has 1 unspecified atom stereocenters. The van der Waals surface area contributed by atoms with Gasteiger partial charge in [-0.3, -0.25) is 0 Å². The molecule has 0 fully saturated rings. The van der Waals surface area contributed by atoms with E-state index in [-0.39, 0.29) is 0 Å². The van der Waals surface area contributed by atoms with E-state index in [0.717, 1.165) is 23.8 Å². The number of likely N-dealkylation sites (N-methyl/N-ethyl adjacent to an activating group) is 1. The molecular formula is C14H23ClN2. The summed E-state index contributed by atoms with van der Waals surface area (Å²) in [5.74, 6) is 0.681. The molecule has 1 N–H and O–H groups in total. The van der Waals surface area contributed by atoms with E-state index in [9.17, 15) is 0 Å². The molecule has 1 rings (SSSR count). The first-order valence-corrected chi connectivity index (χ1v) is 6.58. The molecule has 0 radical (unpaired) electrons. The monoisotopic (exact) mass is 254 g/mol. The number of nitrogens with zero attached hydrogens (tertiary/aromatic N) is 1. The van der Waals surface area contributed by atoms with Gasteiger partial charge >= 0.3 is 0 Å². The predicted octanol–water partition coefficient (Wildman–Crippen LogP) is 3.73. The molecule has 3 heteroatoms. The van der Waals surface area contributed by atoms with Gasteiger partial charge in [0.05, 0.1) is 10.7 Å². The zero-order chi connectivity index (χ0) is 12.8. The minimum atomic E-state index is 0.600. The second-order valence-electron chi connectivity index (χ2n) is 4.87. The van der Waals surface area contributed by atoms with Crippen molar-refractivity contribution in [2.45, 2.75) is 26.8 Å². The molecule has 0 saturated carbocycles. The fraction of sp³-hybridized carbons (Fsp3) is 0.571. The smallest absolute Gasteiger partial charge is 0.0637 e. The van der Waals surface area contributed by atoms with Gasteiger partial charge in [-0.1, -0.05) is 37.6 Å². The Morgan fingerprint density at radius 2 is 1.88 bits per heavy atom. The van der Waals surface area contributed by atoms with E-state index in [0.29, 0.717) is 12.0 Å². The number of hydrogen-bond acceptors (Lipinski definition) is 2. The van der Waals surface area contributed by atoms with Crippen LogP contribution in [0.4, 0.5) is 5.69 Å². The Hall–Kier alpha value is -0.730. The van der Waals surface area contributed by atoms with Gasteiger partial charge in [-0.25, -0.2) is 0 Å². The van der Waals surface area contributed by atoms with Gasteiger partial charge in [0.25, 0.3) is 0 Å². The van der Waals surface area contributed by atoms with Crippen LogP contribution in [0.25, 0.3) is 0 Å². The maximum Gasteiger partial charge on any atom is 0.0637 e. The molecule has 1 atom stereocenters. The molecule has 17 heavy (non-hydrogen) atoms. The van der Waals surface area contributed by atoms with Gasteiger partial charge in [-0.15, -0.1) is 0 Å². The molecule has 0 aliphatic heterocycles. The summed E-state index contributed by atoms with van der Waals surface area (Å²) in [6.45, 7) is 8.70. The van der Waals surface area contributed by atoms with E-state index < -0.39 is 0 Å². The largest absolute Gasteiger partial charge is 0.383 e. The van der Waals surface area contributed by atoms with Crippen LogP contribution in [0.2, 0.25) is 5.02 Å². The third-order valence-electron chi connectivity index (χ3n) is 3.31. The van der Waals surface area contributed by atoms with Gasteiger partial charge in [-0.2, -0.15) is 0 Å². The number of rotatable bonds is 6.